The number of likely N-dealkylation sites (N-methyl/N-ethyl adjacent to an activating group) is 1. The molecule has 0 radical (unpaired) electrons. The predicted octanol–water partition coefficient (Wildman–Crippen LogP) is 3.15. The molecule has 22 heavy (non-hydrogen) atoms. The van der Waals surface area contributed by atoms with E-state index in [9.17, 15) is 5.11 Å². The zero-order valence-corrected chi connectivity index (χ0v) is 13.5. The van der Waals surface area contributed by atoms with Crippen molar-refractivity contribution < 1.29 is 14.6 Å². The summed E-state index contributed by atoms with van der Waals surface area (Å²) in [5.74, 6) is 1.54. The predicted molar refractivity (Wildman–Crippen MR) is 86.5 cm³/mol. The second kappa shape index (κ2) is 7.34. The van der Waals surface area contributed by atoms with Crippen LogP contribution in [-0.2, 0) is 0 Å². The Kier molecular flexibility index (Phi) is 5.21. The molecule has 0 amide bonds. The van der Waals surface area contributed by atoms with Crippen molar-refractivity contribution in [3.63, 3.8) is 0 Å². The zero-order valence-electron chi connectivity index (χ0n) is 13.5. The summed E-state index contributed by atoms with van der Waals surface area (Å²) in [4.78, 5) is 2.31. The van der Waals surface area contributed by atoms with Crippen molar-refractivity contribution >= 4 is 0 Å². The molecule has 1 aliphatic carbocycles. The highest BCUT2D eigenvalue weighted by Gasteiger charge is 2.21. The zero-order chi connectivity index (χ0) is 15.4. The van der Waals surface area contributed by atoms with Crippen LogP contribution in [0.4, 0.5) is 0 Å². The molecular formula is C18H27NO3. The Bertz CT molecular complexity index is 485. The van der Waals surface area contributed by atoms with Gasteiger partial charge in [0.05, 0.1) is 19.3 Å². The highest BCUT2D eigenvalue weighted by Crippen LogP contribution is 2.33. The number of nitrogens with zero attached hydrogens (tertiary/aromatic N) is 1. The second-order valence-electron chi connectivity index (χ2n) is 6.50. The van der Waals surface area contributed by atoms with Crippen LogP contribution in [0.1, 0.15) is 50.2 Å². The number of hydrogen-bond donors (Lipinski definition) is 1. The SMILES string of the molecule is CN(CC(O)c1ccc2c(c1)OCCCO2)C1CCCCC1. The first-order chi connectivity index (χ1) is 10.7. The molecule has 1 heterocycles. The van der Waals surface area contributed by atoms with Gasteiger partial charge in [0.1, 0.15) is 0 Å². The van der Waals surface area contributed by atoms with Gasteiger partial charge in [0.2, 0.25) is 0 Å². The monoisotopic (exact) mass is 305 g/mol. The summed E-state index contributed by atoms with van der Waals surface area (Å²) in [6, 6.07) is 6.41. The smallest absolute Gasteiger partial charge is 0.161 e. The maximum absolute atomic E-state index is 10.6. The first-order valence-electron chi connectivity index (χ1n) is 8.52. The maximum atomic E-state index is 10.6. The third-order valence-electron chi connectivity index (χ3n) is 4.82. The highest BCUT2D eigenvalue weighted by atomic mass is 16.5. The fourth-order valence-electron chi connectivity index (χ4n) is 3.44. The summed E-state index contributed by atoms with van der Waals surface area (Å²) in [5, 5.41) is 10.6. The molecule has 1 unspecified atom stereocenters. The molecule has 3 rings (SSSR count). The van der Waals surface area contributed by atoms with Crippen LogP contribution < -0.4 is 9.47 Å². The second-order valence-corrected chi connectivity index (χ2v) is 6.50. The quantitative estimate of drug-likeness (QED) is 0.928. The van der Waals surface area contributed by atoms with Crippen LogP contribution in [0.2, 0.25) is 0 Å². The fraction of sp³-hybridized carbons (Fsp3) is 0.667. The molecule has 1 atom stereocenters. The molecule has 0 saturated heterocycles. The largest absolute Gasteiger partial charge is 0.490 e. The third-order valence-corrected chi connectivity index (χ3v) is 4.82. The van der Waals surface area contributed by atoms with E-state index in [1.807, 2.05) is 18.2 Å². The highest BCUT2D eigenvalue weighted by molar-refractivity contribution is 5.44. The van der Waals surface area contributed by atoms with Crippen LogP contribution in [0.5, 0.6) is 11.5 Å². The molecule has 1 aromatic rings. The van der Waals surface area contributed by atoms with Crippen LogP contribution in [0.3, 0.4) is 0 Å². The van der Waals surface area contributed by atoms with Gasteiger partial charge in [-0.25, -0.2) is 0 Å². The van der Waals surface area contributed by atoms with E-state index < -0.39 is 6.10 Å². The van der Waals surface area contributed by atoms with Gasteiger partial charge in [-0.1, -0.05) is 25.3 Å². The minimum Gasteiger partial charge on any atom is -0.490 e. The van der Waals surface area contributed by atoms with Crippen LogP contribution >= 0.6 is 0 Å². The van der Waals surface area contributed by atoms with Gasteiger partial charge in [0, 0.05) is 19.0 Å². The van der Waals surface area contributed by atoms with Crippen molar-refractivity contribution in [1.82, 2.24) is 4.90 Å². The molecular weight excluding hydrogens is 278 g/mol. The van der Waals surface area contributed by atoms with Gasteiger partial charge in [-0.2, -0.15) is 0 Å². The summed E-state index contributed by atoms with van der Waals surface area (Å²) < 4.78 is 11.4. The standard InChI is InChI=1S/C18H27NO3/c1-19(15-6-3-2-4-7-15)13-16(20)14-8-9-17-18(12-14)22-11-5-10-21-17/h8-9,12,15-16,20H,2-7,10-11,13H2,1H3. The van der Waals surface area contributed by atoms with Crippen LogP contribution in [0.25, 0.3) is 0 Å². The molecule has 4 heteroatoms. The lowest BCUT2D eigenvalue weighted by Crippen LogP contribution is -2.36. The Hall–Kier alpha value is -1.26. The van der Waals surface area contributed by atoms with Crippen LogP contribution in [-0.4, -0.2) is 42.9 Å². The summed E-state index contributed by atoms with van der Waals surface area (Å²) >= 11 is 0. The number of rotatable bonds is 4. The molecule has 1 N–H and O–H groups in total. The number of ether oxygens (including phenoxy) is 2. The van der Waals surface area contributed by atoms with Gasteiger partial charge in [-0.15, -0.1) is 0 Å². The maximum Gasteiger partial charge on any atom is 0.161 e. The van der Waals surface area contributed by atoms with E-state index in [1.165, 1.54) is 32.1 Å². The van der Waals surface area contributed by atoms with Crippen LogP contribution in [0, 0.1) is 0 Å². The topological polar surface area (TPSA) is 41.9 Å². The molecule has 1 fully saturated rings. The van der Waals surface area contributed by atoms with E-state index in [4.69, 9.17) is 9.47 Å². The Morgan fingerprint density at radius 2 is 1.82 bits per heavy atom. The lowest BCUT2D eigenvalue weighted by Gasteiger charge is -2.32. The number of benzene rings is 1. The van der Waals surface area contributed by atoms with E-state index in [-0.39, 0.29) is 0 Å². The molecule has 0 spiro atoms. The van der Waals surface area contributed by atoms with Gasteiger partial charge >= 0.3 is 0 Å². The van der Waals surface area contributed by atoms with E-state index >= 15 is 0 Å². The van der Waals surface area contributed by atoms with E-state index in [0.717, 1.165) is 23.5 Å². The minimum absolute atomic E-state index is 0.482. The van der Waals surface area contributed by atoms with E-state index in [2.05, 4.69) is 11.9 Å². The van der Waals surface area contributed by atoms with Crippen molar-refractivity contribution in [3.8, 4) is 11.5 Å². The average molecular weight is 305 g/mol. The summed E-state index contributed by atoms with van der Waals surface area (Å²) in [7, 11) is 2.13. The lowest BCUT2D eigenvalue weighted by atomic mass is 9.94. The molecule has 1 saturated carbocycles. The average Bonchev–Trinajstić information content (AvgIpc) is 2.80. The molecule has 122 valence electrons. The van der Waals surface area contributed by atoms with Gasteiger partial charge in [-0.3, -0.25) is 0 Å². The molecule has 2 aliphatic rings. The van der Waals surface area contributed by atoms with Gasteiger partial charge in [0.25, 0.3) is 0 Å². The molecule has 0 bridgehead atoms. The molecule has 1 aromatic carbocycles. The van der Waals surface area contributed by atoms with Crippen molar-refractivity contribution in [3.05, 3.63) is 23.8 Å². The number of hydrogen-bond acceptors (Lipinski definition) is 4. The number of fused-ring (bicyclic) bond motifs is 1. The van der Waals surface area contributed by atoms with Crippen molar-refractivity contribution in [2.24, 2.45) is 0 Å². The lowest BCUT2D eigenvalue weighted by molar-refractivity contribution is 0.0912. The fourth-order valence-corrected chi connectivity index (χ4v) is 3.44. The van der Waals surface area contributed by atoms with E-state index in [1.54, 1.807) is 0 Å². The molecule has 0 aromatic heterocycles. The summed E-state index contributed by atoms with van der Waals surface area (Å²) in [5.41, 5.74) is 0.909. The summed E-state index contributed by atoms with van der Waals surface area (Å²) in [6.45, 7) is 2.04. The molecule has 4 nitrogen and oxygen atoms in total. The number of aliphatic hydroxyl groups is 1. The van der Waals surface area contributed by atoms with Gasteiger partial charge < -0.3 is 19.5 Å². The van der Waals surface area contributed by atoms with Gasteiger partial charge in [0.15, 0.2) is 11.5 Å². The van der Waals surface area contributed by atoms with Crippen molar-refractivity contribution in [1.29, 1.82) is 0 Å². The Labute approximate surface area is 133 Å². The Balaban J connectivity index is 1.64. The minimum atomic E-state index is -0.482. The van der Waals surface area contributed by atoms with Crippen molar-refractivity contribution in [2.75, 3.05) is 26.8 Å². The summed E-state index contributed by atoms with van der Waals surface area (Å²) in [6.07, 6.45) is 6.91. The normalized spacial score (nSPS) is 20.7. The Morgan fingerprint density at radius 1 is 1.09 bits per heavy atom. The molecule has 1 aliphatic heterocycles. The third kappa shape index (κ3) is 3.73. The first-order valence-corrected chi connectivity index (χ1v) is 8.52. The Morgan fingerprint density at radius 3 is 2.59 bits per heavy atom. The van der Waals surface area contributed by atoms with Crippen molar-refractivity contribution in [2.45, 2.75) is 50.7 Å². The first kappa shape index (κ1) is 15.6. The van der Waals surface area contributed by atoms with Gasteiger partial charge in [-0.05, 0) is 37.6 Å². The van der Waals surface area contributed by atoms with Crippen LogP contribution in [0.15, 0.2) is 18.2 Å². The van der Waals surface area contributed by atoms with E-state index in [0.29, 0.717) is 25.8 Å². The number of aliphatic hydroxyl groups excluding tert-OH is 1.